The van der Waals surface area contributed by atoms with Gasteiger partial charge in [-0.15, -0.1) is 0 Å². The lowest BCUT2D eigenvalue weighted by Gasteiger charge is -2.37. The monoisotopic (exact) mass is 254 g/mol. The van der Waals surface area contributed by atoms with Crippen LogP contribution >= 0.6 is 11.8 Å². The van der Waals surface area contributed by atoms with Crippen LogP contribution in [0, 0.1) is 11.8 Å². The third-order valence-corrected chi connectivity index (χ3v) is 5.98. The van der Waals surface area contributed by atoms with E-state index in [9.17, 15) is 0 Å². The first-order valence-electron chi connectivity index (χ1n) is 7.45. The number of nitrogens with one attached hydrogen (secondary N) is 1. The lowest BCUT2D eigenvalue weighted by molar-refractivity contribution is 0.137. The van der Waals surface area contributed by atoms with Gasteiger partial charge in [0.1, 0.15) is 0 Å². The largest absolute Gasteiger partial charge is 0.314 e. The van der Waals surface area contributed by atoms with Crippen LogP contribution in [0.1, 0.15) is 32.1 Å². The van der Waals surface area contributed by atoms with Crippen molar-refractivity contribution in [2.45, 2.75) is 38.1 Å². The molecule has 3 aliphatic heterocycles. The molecule has 0 bridgehead atoms. The normalized spacial score (nSPS) is 39.9. The SMILES string of the molecule is C1CNC(C2CCCN(CC3CCSC3)C2)C1. The number of likely N-dealkylation sites (tertiary alicyclic amines) is 1. The first-order valence-corrected chi connectivity index (χ1v) is 8.61. The summed E-state index contributed by atoms with van der Waals surface area (Å²) in [6.07, 6.45) is 7.20. The van der Waals surface area contributed by atoms with Crippen molar-refractivity contribution in [3.63, 3.8) is 0 Å². The predicted octanol–water partition coefficient (Wildman–Crippen LogP) is 2.20. The van der Waals surface area contributed by atoms with Crippen LogP contribution in [-0.2, 0) is 0 Å². The molecule has 3 saturated heterocycles. The summed E-state index contributed by atoms with van der Waals surface area (Å²) >= 11 is 2.16. The van der Waals surface area contributed by atoms with Gasteiger partial charge in [0.15, 0.2) is 0 Å². The van der Waals surface area contributed by atoms with Gasteiger partial charge in [-0.05, 0) is 68.5 Å². The van der Waals surface area contributed by atoms with Crippen LogP contribution in [0.3, 0.4) is 0 Å². The highest BCUT2D eigenvalue weighted by Gasteiger charge is 2.30. The maximum Gasteiger partial charge on any atom is 0.0108 e. The Kier molecular flexibility index (Phi) is 4.30. The number of hydrogen-bond acceptors (Lipinski definition) is 3. The Morgan fingerprint density at radius 3 is 2.94 bits per heavy atom. The van der Waals surface area contributed by atoms with Gasteiger partial charge < -0.3 is 10.2 Å². The van der Waals surface area contributed by atoms with Gasteiger partial charge in [0.2, 0.25) is 0 Å². The molecule has 0 aliphatic carbocycles. The molecule has 1 N–H and O–H groups in total. The Morgan fingerprint density at radius 2 is 2.18 bits per heavy atom. The Bertz CT molecular complexity index is 234. The molecule has 3 atom stereocenters. The van der Waals surface area contributed by atoms with E-state index < -0.39 is 0 Å². The second kappa shape index (κ2) is 5.94. The lowest BCUT2D eigenvalue weighted by atomic mass is 9.89. The molecule has 3 aliphatic rings. The molecule has 3 heteroatoms. The van der Waals surface area contributed by atoms with Gasteiger partial charge in [0.25, 0.3) is 0 Å². The van der Waals surface area contributed by atoms with Crippen LogP contribution < -0.4 is 5.32 Å². The molecule has 0 amide bonds. The van der Waals surface area contributed by atoms with E-state index in [1.165, 1.54) is 69.8 Å². The molecule has 0 radical (unpaired) electrons. The van der Waals surface area contributed by atoms with Gasteiger partial charge in [-0.25, -0.2) is 0 Å². The summed E-state index contributed by atoms with van der Waals surface area (Å²) in [7, 11) is 0. The fraction of sp³-hybridized carbons (Fsp3) is 1.00. The van der Waals surface area contributed by atoms with Gasteiger partial charge in [0.05, 0.1) is 0 Å². The summed E-state index contributed by atoms with van der Waals surface area (Å²) in [5.74, 6) is 4.77. The highest BCUT2D eigenvalue weighted by atomic mass is 32.2. The van der Waals surface area contributed by atoms with Gasteiger partial charge >= 0.3 is 0 Å². The Morgan fingerprint density at radius 1 is 1.18 bits per heavy atom. The van der Waals surface area contributed by atoms with Crippen molar-refractivity contribution in [1.82, 2.24) is 10.2 Å². The zero-order valence-corrected chi connectivity index (χ0v) is 11.7. The number of nitrogens with zero attached hydrogens (tertiary/aromatic N) is 1. The molecule has 0 aromatic heterocycles. The molecule has 3 unspecified atom stereocenters. The van der Waals surface area contributed by atoms with E-state index in [1.807, 2.05) is 0 Å². The number of rotatable bonds is 3. The summed E-state index contributed by atoms with van der Waals surface area (Å²) in [5.41, 5.74) is 0. The highest BCUT2D eigenvalue weighted by Crippen LogP contribution is 2.28. The van der Waals surface area contributed by atoms with Crippen LogP contribution in [0.2, 0.25) is 0 Å². The highest BCUT2D eigenvalue weighted by molar-refractivity contribution is 7.99. The van der Waals surface area contributed by atoms with E-state index >= 15 is 0 Å². The lowest BCUT2D eigenvalue weighted by Crippen LogP contribution is -2.45. The smallest absolute Gasteiger partial charge is 0.0108 e. The van der Waals surface area contributed by atoms with Gasteiger partial charge in [-0.3, -0.25) is 0 Å². The van der Waals surface area contributed by atoms with E-state index in [1.54, 1.807) is 0 Å². The molecular weight excluding hydrogens is 228 g/mol. The molecule has 0 spiro atoms. The first kappa shape index (κ1) is 12.3. The number of piperidine rings is 1. The quantitative estimate of drug-likeness (QED) is 0.831. The Balaban J connectivity index is 1.48. The molecule has 17 heavy (non-hydrogen) atoms. The van der Waals surface area contributed by atoms with Crippen LogP contribution in [0.25, 0.3) is 0 Å². The van der Waals surface area contributed by atoms with E-state index in [-0.39, 0.29) is 0 Å². The maximum atomic E-state index is 3.71. The zero-order valence-electron chi connectivity index (χ0n) is 10.9. The van der Waals surface area contributed by atoms with E-state index in [2.05, 4.69) is 22.0 Å². The van der Waals surface area contributed by atoms with E-state index in [4.69, 9.17) is 0 Å². The molecular formula is C14H26N2S. The molecule has 0 aromatic rings. The van der Waals surface area contributed by atoms with Crippen molar-refractivity contribution in [3.05, 3.63) is 0 Å². The first-order chi connectivity index (χ1) is 8.42. The molecule has 3 heterocycles. The summed E-state index contributed by atoms with van der Waals surface area (Å²) in [6.45, 7) is 5.39. The maximum absolute atomic E-state index is 3.71. The topological polar surface area (TPSA) is 15.3 Å². The van der Waals surface area contributed by atoms with Gasteiger partial charge in [-0.2, -0.15) is 11.8 Å². The molecule has 3 rings (SSSR count). The van der Waals surface area contributed by atoms with Gasteiger partial charge in [-0.1, -0.05) is 0 Å². The van der Waals surface area contributed by atoms with Crippen LogP contribution in [0.4, 0.5) is 0 Å². The minimum Gasteiger partial charge on any atom is -0.314 e. The minimum atomic E-state index is 0.843. The van der Waals surface area contributed by atoms with Gasteiger partial charge in [0, 0.05) is 19.1 Å². The average molecular weight is 254 g/mol. The molecule has 98 valence electrons. The Labute approximate surface area is 110 Å². The van der Waals surface area contributed by atoms with E-state index in [0.29, 0.717) is 0 Å². The van der Waals surface area contributed by atoms with Crippen molar-refractivity contribution < 1.29 is 0 Å². The minimum absolute atomic E-state index is 0.843. The van der Waals surface area contributed by atoms with Crippen LogP contribution in [0.15, 0.2) is 0 Å². The molecule has 0 aromatic carbocycles. The molecule has 2 nitrogen and oxygen atoms in total. The van der Waals surface area contributed by atoms with Crippen molar-refractivity contribution in [3.8, 4) is 0 Å². The van der Waals surface area contributed by atoms with Crippen molar-refractivity contribution in [2.24, 2.45) is 11.8 Å². The summed E-state index contributed by atoms with van der Waals surface area (Å²) in [4.78, 5) is 2.77. The summed E-state index contributed by atoms with van der Waals surface area (Å²) in [5, 5.41) is 3.71. The van der Waals surface area contributed by atoms with Crippen molar-refractivity contribution in [1.29, 1.82) is 0 Å². The predicted molar refractivity (Wildman–Crippen MR) is 75.6 cm³/mol. The third kappa shape index (κ3) is 3.18. The summed E-state index contributed by atoms with van der Waals surface area (Å²) in [6, 6.07) is 0.843. The van der Waals surface area contributed by atoms with Crippen LogP contribution in [-0.4, -0.2) is 48.6 Å². The van der Waals surface area contributed by atoms with Crippen LogP contribution in [0.5, 0.6) is 0 Å². The van der Waals surface area contributed by atoms with Crippen molar-refractivity contribution >= 4 is 11.8 Å². The Hall–Kier alpha value is 0.270. The second-order valence-corrected chi connectivity index (χ2v) is 7.24. The fourth-order valence-corrected chi connectivity index (χ4v) is 5.06. The number of hydrogen-bond donors (Lipinski definition) is 1. The molecule has 3 fully saturated rings. The second-order valence-electron chi connectivity index (χ2n) is 6.09. The molecule has 0 saturated carbocycles. The fourth-order valence-electron chi connectivity index (χ4n) is 3.79. The third-order valence-electron chi connectivity index (χ3n) is 4.75. The van der Waals surface area contributed by atoms with Crippen molar-refractivity contribution in [2.75, 3.05) is 37.7 Å². The number of thioether (sulfide) groups is 1. The zero-order chi connectivity index (χ0) is 11.5. The van der Waals surface area contributed by atoms with E-state index in [0.717, 1.165) is 17.9 Å². The standard InChI is InChI=1S/C14H26N2S/c1-4-14(15-6-1)13-3-2-7-16(10-13)9-12-5-8-17-11-12/h12-15H,1-11H2. The summed E-state index contributed by atoms with van der Waals surface area (Å²) < 4.78 is 0. The average Bonchev–Trinajstić information content (AvgIpc) is 3.01.